The average Bonchev–Trinajstić information content (AvgIpc) is 2.29. The lowest BCUT2D eigenvalue weighted by molar-refractivity contribution is 0.581. The van der Waals surface area contributed by atoms with Crippen molar-refractivity contribution in [1.29, 1.82) is 0 Å². The van der Waals surface area contributed by atoms with Crippen LogP contribution in [0.2, 0.25) is 0 Å². The highest BCUT2D eigenvalue weighted by Gasteiger charge is 2.23. The summed E-state index contributed by atoms with van der Waals surface area (Å²) in [7, 11) is 0. The Balaban J connectivity index is 2.49. The topological polar surface area (TPSA) is 26.0 Å². The number of halogens is 1. The van der Waals surface area contributed by atoms with E-state index in [0.717, 1.165) is 16.7 Å². The molecule has 0 aliphatic rings. The van der Waals surface area contributed by atoms with Crippen LogP contribution >= 0.6 is 0 Å². The fourth-order valence-corrected chi connectivity index (χ4v) is 1.95. The van der Waals surface area contributed by atoms with Crippen molar-refractivity contribution in [2.75, 3.05) is 0 Å². The number of hydrogen-bond donors (Lipinski definition) is 1. The van der Waals surface area contributed by atoms with E-state index < -0.39 is 5.54 Å². The van der Waals surface area contributed by atoms with Crippen LogP contribution in [-0.4, -0.2) is 0 Å². The molecule has 1 nitrogen and oxygen atoms in total. The van der Waals surface area contributed by atoms with E-state index in [2.05, 4.69) is 0 Å². The standard InChI is InChI=1S/C15H16FN/c1-11-5-3-6-12(9-11)15(2,17)13-7-4-8-14(16)10-13/h3-10H,17H2,1-2H3. The van der Waals surface area contributed by atoms with Crippen LogP contribution in [0.3, 0.4) is 0 Å². The zero-order valence-electron chi connectivity index (χ0n) is 10.1. The summed E-state index contributed by atoms with van der Waals surface area (Å²) >= 11 is 0. The van der Waals surface area contributed by atoms with Gasteiger partial charge in [-0.3, -0.25) is 0 Å². The van der Waals surface area contributed by atoms with Crippen LogP contribution in [-0.2, 0) is 5.54 Å². The highest BCUT2D eigenvalue weighted by atomic mass is 19.1. The predicted octanol–water partition coefficient (Wildman–Crippen LogP) is 3.36. The summed E-state index contributed by atoms with van der Waals surface area (Å²) in [4.78, 5) is 0. The second kappa shape index (κ2) is 4.30. The molecular weight excluding hydrogens is 213 g/mol. The molecule has 17 heavy (non-hydrogen) atoms. The summed E-state index contributed by atoms with van der Waals surface area (Å²) in [6, 6.07) is 14.4. The number of aryl methyl sites for hydroxylation is 1. The van der Waals surface area contributed by atoms with Crippen LogP contribution in [0.5, 0.6) is 0 Å². The second-order valence-electron chi connectivity index (χ2n) is 4.58. The van der Waals surface area contributed by atoms with Gasteiger partial charge in [0.05, 0.1) is 5.54 Å². The van der Waals surface area contributed by atoms with E-state index in [4.69, 9.17) is 5.73 Å². The molecule has 0 radical (unpaired) electrons. The van der Waals surface area contributed by atoms with Crippen LogP contribution in [0.1, 0.15) is 23.6 Å². The SMILES string of the molecule is Cc1cccc(C(C)(N)c2cccc(F)c2)c1. The first-order valence-electron chi connectivity index (χ1n) is 5.62. The number of nitrogens with two attached hydrogens (primary N) is 1. The van der Waals surface area contributed by atoms with E-state index in [1.807, 2.05) is 44.2 Å². The van der Waals surface area contributed by atoms with E-state index in [-0.39, 0.29) is 5.82 Å². The zero-order valence-corrected chi connectivity index (χ0v) is 10.1. The molecule has 2 aromatic carbocycles. The van der Waals surface area contributed by atoms with Crippen molar-refractivity contribution in [1.82, 2.24) is 0 Å². The van der Waals surface area contributed by atoms with Gasteiger partial charge in [0.15, 0.2) is 0 Å². The molecule has 0 bridgehead atoms. The van der Waals surface area contributed by atoms with E-state index in [0.29, 0.717) is 0 Å². The Bertz CT molecular complexity index is 484. The van der Waals surface area contributed by atoms with Crippen molar-refractivity contribution in [2.45, 2.75) is 19.4 Å². The normalized spacial score (nSPS) is 14.4. The van der Waals surface area contributed by atoms with E-state index in [9.17, 15) is 4.39 Å². The molecule has 0 heterocycles. The molecule has 0 saturated heterocycles. The van der Waals surface area contributed by atoms with Gasteiger partial charge >= 0.3 is 0 Å². The Hall–Kier alpha value is -1.67. The molecule has 2 rings (SSSR count). The maximum Gasteiger partial charge on any atom is 0.123 e. The van der Waals surface area contributed by atoms with Crippen LogP contribution in [0.4, 0.5) is 4.39 Å². The lowest BCUT2D eigenvalue weighted by Crippen LogP contribution is -2.34. The Kier molecular flexibility index (Phi) is 2.99. The van der Waals surface area contributed by atoms with Crippen molar-refractivity contribution in [3.63, 3.8) is 0 Å². The molecule has 0 spiro atoms. The molecule has 88 valence electrons. The van der Waals surface area contributed by atoms with Crippen molar-refractivity contribution in [3.05, 3.63) is 71.0 Å². The molecule has 2 heteroatoms. The first-order chi connectivity index (χ1) is 8.00. The average molecular weight is 229 g/mol. The third kappa shape index (κ3) is 2.37. The highest BCUT2D eigenvalue weighted by molar-refractivity contribution is 5.38. The summed E-state index contributed by atoms with van der Waals surface area (Å²) < 4.78 is 13.2. The summed E-state index contributed by atoms with van der Waals surface area (Å²) in [6.45, 7) is 3.92. The summed E-state index contributed by atoms with van der Waals surface area (Å²) in [5.41, 5.74) is 8.58. The lowest BCUT2D eigenvalue weighted by Gasteiger charge is -2.26. The number of rotatable bonds is 2. The third-order valence-corrected chi connectivity index (χ3v) is 3.04. The Morgan fingerprint density at radius 2 is 1.59 bits per heavy atom. The molecule has 0 amide bonds. The number of hydrogen-bond acceptors (Lipinski definition) is 1. The molecule has 0 aliphatic carbocycles. The van der Waals surface area contributed by atoms with Crippen LogP contribution < -0.4 is 5.73 Å². The van der Waals surface area contributed by atoms with Gasteiger partial charge in [0, 0.05) is 0 Å². The first-order valence-corrected chi connectivity index (χ1v) is 5.62. The molecule has 0 fully saturated rings. The van der Waals surface area contributed by atoms with Crippen molar-refractivity contribution in [3.8, 4) is 0 Å². The van der Waals surface area contributed by atoms with Gasteiger partial charge in [-0.25, -0.2) is 4.39 Å². The van der Waals surface area contributed by atoms with Gasteiger partial charge in [0.1, 0.15) is 5.82 Å². The van der Waals surface area contributed by atoms with Gasteiger partial charge in [-0.1, -0.05) is 42.0 Å². The van der Waals surface area contributed by atoms with E-state index in [1.165, 1.54) is 12.1 Å². The van der Waals surface area contributed by atoms with E-state index in [1.54, 1.807) is 6.07 Å². The Morgan fingerprint density at radius 1 is 1.00 bits per heavy atom. The fourth-order valence-electron chi connectivity index (χ4n) is 1.95. The Labute approximate surface area is 101 Å². The molecule has 2 aromatic rings. The van der Waals surface area contributed by atoms with Crippen LogP contribution in [0, 0.1) is 12.7 Å². The minimum Gasteiger partial charge on any atom is -0.318 e. The number of benzene rings is 2. The van der Waals surface area contributed by atoms with Gasteiger partial charge in [-0.05, 0) is 37.1 Å². The summed E-state index contributed by atoms with van der Waals surface area (Å²) in [5, 5.41) is 0. The van der Waals surface area contributed by atoms with Gasteiger partial charge in [0.2, 0.25) is 0 Å². The van der Waals surface area contributed by atoms with Crippen LogP contribution in [0.15, 0.2) is 48.5 Å². The summed E-state index contributed by atoms with van der Waals surface area (Å²) in [5.74, 6) is -0.258. The zero-order chi connectivity index (χ0) is 12.5. The van der Waals surface area contributed by atoms with Crippen molar-refractivity contribution < 1.29 is 4.39 Å². The minimum absolute atomic E-state index is 0.258. The smallest absolute Gasteiger partial charge is 0.123 e. The molecule has 2 N–H and O–H groups in total. The van der Waals surface area contributed by atoms with Crippen molar-refractivity contribution >= 4 is 0 Å². The largest absolute Gasteiger partial charge is 0.318 e. The third-order valence-electron chi connectivity index (χ3n) is 3.04. The van der Waals surface area contributed by atoms with Gasteiger partial charge in [0.25, 0.3) is 0 Å². The maximum atomic E-state index is 13.2. The molecule has 1 atom stereocenters. The van der Waals surface area contributed by atoms with Gasteiger partial charge < -0.3 is 5.73 Å². The van der Waals surface area contributed by atoms with Gasteiger partial charge in [-0.15, -0.1) is 0 Å². The van der Waals surface area contributed by atoms with Gasteiger partial charge in [-0.2, -0.15) is 0 Å². The predicted molar refractivity (Wildman–Crippen MR) is 68.2 cm³/mol. The van der Waals surface area contributed by atoms with Crippen LogP contribution in [0.25, 0.3) is 0 Å². The monoisotopic (exact) mass is 229 g/mol. The highest BCUT2D eigenvalue weighted by Crippen LogP contribution is 2.27. The summed E-state index contributed by atoms with van der Waals surface area (Å²) in [6.07, 6.45) is 0. The Morgan fingerprint density at radius 3 is 2.18 bits per heavy atom. The first kappa shape index (κ1) is 11.8. The fraction of sp³-hybridized carbons (Fsp3) is 0.200. The van der Waals surface area contributed by atoms with Crippen molar-refractivity contribution in [2.24, 2.45) is 5.73 Å². The molecule has 0 aliphatic heterocycles. The molecular formula is C15H16FN. The van der Waals surface area contributed by atoms with E-state index >= 15 is 0 Å². The maximum absolute atomic E-state index is 13.2. The quantitative estimate of drug-likeness (QED) is 0.839. The second-order valence-corrected chi connectivity index (χ2v) is 4.58. The lowest BCUT2D eigenvalue weighted by atomic mass is 9.85. The molecule has 0 saturated carbocycles. The molecule has 1 unspecified atom stereocenters. The minimum atomic E-state index is -0.672. The molecule has 0 aromatic heterocycles.